The highest BCUT2D eigenvalue weighted by molar-refractivity contribution is 6.35. The SMILES string of the molecule is CCNC(=O)[C@@H](Cc1ccccc1)N(Cc1ccc(Cl)cc1Cl)C(=O)COc1ccccc1C. The van der Waals surface area contributed by atoms with Crippen LogP contribution in [-0.2, 0) is 22.6 Å². The molecule has 0 saturated heterocycles. The van der Waals surface area contributed by atoms with E-state index in [1.807, 2.05) is 68.4 Å². The Kier molecular flexibility index (Phi) is 9.37. The fourth-order valence-corrected chi connectivity index (χ4v) is 4.09. The summed E-state index contributed by atoms with van der Waals surface area (Å²) in [6.07, 6.45) is 0.355. The first-order chi connectivity index (χ1) is 16.4. The van der Waals surface area contributed by atoms with Crippen molar-refractivity contribution in [1.29, 1.82) is 0 Å². The maximum absolute atomic E-state index is 13.5. The minimum Gasteiger partial charge on any atom is -0.484 e. The molecule has 3 aromatic rings. The van der Waals surface area contributed by atoms with Crippen LogP contribution < -0.4 is 10.1 Å². The Hall–Kier alpha value is -3.02. The van der Waals surface area contributed by atoms with Crippen molar-refractivity contribution in [1.82, 2.24) is 10.2 Å². The van der Waals surface area contributed by atoms with E-state index < -0.39 is 6.04 Å². The highest BCUT2D eigenvalue weighted by Gasteiger charge is 2.31. The molecule has 0 aliphatic heterocycles. The molecule has 3 rings (SSSR count). The number of hydrogen-bond acceptors (Lipinski definition) is 3. The number of aryl methyl sites for hydroxylation is 1. The van der Waals surface area contributed by atoms with Crippen molar-refractivity contribution in [2.75, 3.05) is 13.2 Å². The summed E-state index contributed by atoms with van der Waals surface area (Å²) in [5, 5.41) is 3.80. The van der Waals surface area contributed by atoms with E-state index in [0.717, 1.165) is 11.1 Å². The molecule has 5 nitrogen and oxygen atoms in total. The zero-order chi connectivity index (χ0) is 24.5. The number of benzene rings is 3. The van der Waals surface area contributed by atoms with Crippen LogP contribution in [0.1, 0.15) is 23.6 Å². The Morgan fingerprint density at radius 3 is 2.38 bits per heavy atom. The number of carbonyl (C=O) groups is 2. The number of para-hydroxylation sites is 1. The van der Waals surface area contributed by atoms with Crippen molar-refractivity contribution >= 4 is 35.0 Å². The van der Waals surface area contributed by atoms with E-state index in [9.17, 15) is 9.59 Å². The van der Waals surface area contributed by atoms with Gasteiger partial charge in [-0.2, -0.15) is 0 Å². The number of nitrogens with zero attached hydrogens (tertiary/aromatic N) is 1. The van der Waals surface area contributed by atoms with E-state index in [0.29, 0.717) is 34.3 Å². The predicted octanol–water partition coefficient (Wildman–Crippen LogP) is 5.46. The van der Waals surface area contributed by atoms with Gasteiger partial charge in [0.05, 0.1) is 0 Å². The summed E-state index contributed by atoms with van der Waals surface area (Å²) in [4.78, 5) is 28.2. The summed E-state index contributed by atoms with van der Waals surface area (Å²) in [5.41, 5.74) is 2.56. The van der Waals surface area contributed by atoms with Crippen molar-refractivity contribution in [3.8, 4) is 5.75 Å². The summed E-state index contributed by atoms with van der Waals surface area (Å²) < 4.78 is 5.83. The Morgan fingerprint density at radius 1 is 1.00 bits per heavy atom. The molecule has 0 unspecified atom stereocenters. The molecule has 178 valence electrons. The number of rotatable bonds is 10. The molecule has 34 heavy (non-hydrogen) atoms. The van der Waals surface area contributed by atoms with Gasteiger partial charge in [0, 0.05) is 29.6 Å². The van der Waals surface area contributed by atoms with E-state index in [1.54, 1.807) is 18.2 Å². The number of ether oxygens (including phenoxy) is 1. The molecular formula is C27H28Cl2N2O3. The van der Waals surface area contributed by atoms with Gasteiger partial charge in [-0.3, -0.25) is 9.59 Å². The van der Waals surface area contributed by atoms with Crippen LogP contribution in [-0.4, -0.2) is 35.9 Å². The zero-order valence-corrected chi connectivity index (χ0v) is 20.8. The number of halogens is 2. The molecule has 0 aliphatic rings. The Bertz CT molecular complexity index is 1120. The smallest absolute Gasteiger partial charge is 0.261 e. The van der Waals surface area contributed by atoms with Crippen LogP contribution in [0.2, 0.25) is 10.0 Å². The van der Waals surface area contributed by atoms with Crippen molar-refractivity contribution in [2.24, 2.45) is 0 Å². The number of carbonyl (C=O) groups excluding carboxylic acids is 2. The van der Waals surface area contributed by atoms with Gasteiger partial charge in [-0.1, -0.05) is 77.8 Å². The standard InChI is InChI=1S/C27H28Cl2N2O3/c1-3-30-27(33)24(15-20-10-5-4-6-11-20)31(17-21-13-14-22(28)16-23(21)29)26(32)18-34-25-12-8-7-9-19(25)2/h4-14,16,24H,3,15,17-18H2,1-2H3,(H,30,33)/t24-/m1/s1. The lowest BCUT2D eigenvalue weighted by Crippen LogP contribution is -2.51. The molecule has 0 bridgehead atoms. The van der Waals surface area contributed by atoms with Crippen LogP contribution in [0.4, 0.5) is 0 Å². The van der Waals surface area contributed by atoms with Crippen LogP contribution in [0, 0.1) is 6.92 Å². The number of likely N-dealkylation sites (N-methyl/N-ethyl adjacent to an activating group) is 1. The monoisotopic (exact) mass is 498 g/mol. The quantitative estimate of drug-likeness (QED) is 0.403. The average molecular weight is 499 g/mol. The molecule has 0 spiro atoms. The van der Waals surface area contributed by atoms with Crippen molar-refractivity contribution < 1.29 is 14.3 Å². The van der Waals surface area contributed by atoms with E-state index in [-0.39, 0.29) is 25.0 Å². The number of nitrogens with one attached hydrogen (secondary N) is 1. The molecule has 7 heteroatoms. The molecule has 3 aromatic carbocycles. The van der Waals surface area contributed by atoms with Crippen molar-refractivity contribution in [3.63, 3.8) is 0 Å². The molecule has 0 aromatic heterocycles. The lowest BCUT2D eigenvalue weighted by atomic mass is 10.0. The molecule has 1 N–H and O–H groups in total. The second-order valence-electron chi connectivity index (χ2n) is 7.91. The second-order valence-corrected chi connectivity index (χ2v) is 8.76. The van der Waals surface area contributed by atoms with E-state index in [1.165, 1.54) is 4.90 Å². The summed E-state index contributed by atoms with van der Waals surface area (Å²) in [7, 11) is 0. The fraction of sp³-hybridized carbons (Fsp3) is 0.259. The molecule has 0 aliphatic carbocycles. The minimum absolute atomic E-state index is 0.139. The average Bonchev–Trinajstić information content (AvgIpc) is 2.82. The van der Waals surface area contributed by atoms with E-state index in [2.05, 4.69) is 5.32 Å². The molecule has 2 amide bonds. The molecular weight excluding hydrogens is 471 g/mol. The molecule has 0 fully saturated rings. The van der Waals surface area contributed by atoms with Crippen LogP contribution in [0.15, 0.2) is 72.8 Å². The van der Waals surface area contributed by atoms with Crippen LogP contribution in [0.5, 0.6) is 5.75 Å². The van der Waals surface area contributed by atoms with Gasteiger partial charge in [0.1, 0.15) is 11.8 Å². The van der Waals surface area contributed by atoms with Gasteiger partial charge in [-0.05, 0) is 48.7 Å². The fourth-order valence-electron chi connectivity index (χ4n) is 3.62. The normalized spacial score (nSPS) is 11.5. The number of hydrogen-bond donors (Lipinski definition) is 1. The maximum atomic E-state index is 13.5. The third-order valence-corrected chi connectivity index (χ3v) is 6.01. The summed E-state index contributed by atoms with van der Waals surface area (Å²) in [5.74, 6) is 0.0695. The van der Waals surface area contributed by atoms with Gasteiger partial charge in [0.25, 0.3) is 5.91 Å². The Morgan fingerprint density at radius 2 is 1.71 bits per heavy atom. The Balaban J connectivity index is 1.93. The van der Waals surface area contributed by atoms with Crippen LogP contribution in [0.3, 0.4) is 0 Å². The first-order valence-electron chi connectivity index (χ1n) is 11.1. The highest BCUT2D eigenvalue weighted by Crippen LogP contribution is 2.24. The molecule has 0 saturated carbocycles. The second kappa shape index (κ2) is 12.4. The molecule has 1 atom stereocenters. The van der Waals surface area contributed by atoms with Crippen molar-refractivity contribution in [2.45, 2.75) is 32.9 Å². The van der Waals surface area contributed by atoms with Gasteiger partial charge in [-0.15, -0.1) is 0 Å². The van der Waals surface area contributed by atoms with Gasteiger partial charge in [-0.25, -0.2) is 0 Å². The third kappa shape index (κ3) is 6.99. The molecule has 0 heterocycles. The highest BCUT2D eigenvalue weighted by atomic mass is 35.5. The van der Waals surface area contributed by atoms with Gasteiger partial charge >= 0.3 is 0 Å². The number of amides is 2. The Labute approximate surface area is 210 Å². The van der Waals surface area contributed by atoms with Gasteiger partial charge < -0.3 is 15.0 Å². The van der Waals surface area contributed by atoms with Crippen LogP contribution in [0.25, 0.3) is 0 Å². The summed E-state index contributed by atoms with van der Waals surface area (Å²) >= 11 is 12.5. The lowest BCUT2D eigenvalue weighted by Gasteiger charge is -2.31. The minimum atomic E-state index is -0.748. The first-order valence-corrected chi connectivity index (χ1v) is 11.9. The maximum Gasteiger partial charge on any atom is 0.261 e. The third-order valence-electron chi connectivity index (χ3n) is 5.42. The predicted molar refractivity (Wildman–Crippen MR) is 136 cm³/mol. The summed E-state index contributed by atoms with van der Waals surface area (Å²) in [6, 6.07) is 21.5. The zero-order valence-electron chi connectivity index (χ0n) is 19.3. The summed E-state index contributed by atoms with van der Waals surface area (Å²) in [6.45, 7) is 4.15. The lowest BCUT2D eigenvalue weighted by molar-refractivity contribution is -0.142. The van der Waals surface area contributed by atoms with E-state index in [4.69, 9.17) is 27.9 Å². The largest absolute Gasteiger partial charge is 0.484 e. The van der Waals surface area contributed by atoms with Crippen molar-refractivity contribution in [3.05, 3.63) is 99.5 Å². The van der Waals surface area contributed by atoms with Crippen LogP contribution >= 0.6 is 23.2 Å². The van der Waals surface area contributed by atoms with Gasteiger partial charge in [0.15, 0.2) is 6.61 Å². The first kappa shape index (κ1) is 25.6. The van der Waals surface area contributed by atoms with Gasteiger partial charge in [0.2, 0.25) is 5.91 Å². The topological polar surface area (TPSA) is 58.6 Å². The molecule has 0 radical (unpaired) electrons. The van der Waals surface area contributed by atoms with E-state index >= 15 is 0 Å².